The minimum absolute atomic E-state index is 0.0999. The van der Waals surface area contributed by atoms with E-state index >= 15 is 0 Å². The third-order valence-electron chi connectivity index (χ3n) is 5.22. The summed E-state index contributed by atoms with van der Waals surface area (Å²) in [6.07, 6.45) is 11.6. The van der Waals surface area contributed by atoms with Crippen LogP contribution < -0.4 is 5.32 Å². The van der Waals surface area contributed by atoms with Gasteiger partial charge in [0.2, 0.25) is 5.91 Å². The number of nitrogens with one attached hydrogen (secondary N) is 1. The molecular formula is C26H51NO9S. The summed E-state index contributed by atoms with van der Waals surface area (Å²) in [6, 6.07) is 0. The molecule has 0 aliphatic rings. The van der Waals surface area contributed by atoms with Gasteiger partial charge in [0.25, 0.3) is 0 Å². The lowest BCUT2D eigenvalue weighted by Crippen LogP contribution is -2.27. The van der Waals surface area contributed by atoms with E-state index in [4.69, 9.17) is 33.5 Å². The molecule has 0 saturated heterocycles. The Bertz CT molecular complexity index is 501. The Balaban J connectivity index is 3.13. The van der Waals surface area contributed by atoms with E-state index in [-0.39, 0.29) is 19.1 Å². The standard InChI is InChI=1S/C26H51NO9S/c28-25(10-8-6-4-2-1-3-5-7-9-23-37)27-11-12-31-13-14-32-15-16-33-17-18-34-19-20-35-21-22-36-24-26(29)30/h37H,1-24H2,(H,27,28)(H,29,30). The lowest BCUT2D eigenvalue weighted by Gasteiger charge is -2.08. The monoisotopic (exact) mass is 553 g/mol. The van der Waals surface area contributed by atoms with Crippen molar-refractivity contribution in [2.24, 2.45) is 0 Å². The molecule has 2 N–H and O–H groups in total. The van der Waals surface area contributed by atoms with Crippen LogP contribution in [0.25, 0.3) is 0 Å². The van der Waals surface area contributed by atoms with Crippen molar-refractivity contribution in [1.82, 2.24) is 5.32 Å². The molecule has 0 saturated carbocycles. The maximum atomic E-state index is 11.8. The summed E-state index contributed by atoms with van der Waals surface area (Å²) in [4.78, 5) is 22.1. The van der Waals surface area contributed by atoms with Crippen LogP contribution in [0, 0.1) is 0 Å². The van der Waals surface area contributed by atoms with E-state index in [1.54, 1.807) is 0 Å². The predicted octanol–water partition coefficient (Wildman–Crippen LogP) is 3.12. The first kappa shape index (κ1) is 36.0. The number of carboxylic acids is 1. The van der Waals surface area contributed by atoms with E-state index in [9.17, 15) is 9.59 Å². The molecule has 0 aliphatic heterocycles. The highest BCUT2D eigenvalue weighted by Gasteiger charge is 2.01. The zero-order chi connectivity index (χ0) is 27.1. The Morgan fingerprint density at radius 1 is 0.541 bits per heavy atom. The van der Waals surface area contributed by atoms with Crippen molar-refractivity contribution in [3.05, 3.63) is 0 Å². The second-order valence-electron chi connectivity index (χ2n) is 8.51. The Hall–Kier alpha value is -0.950. The number of hydrogen-bond acceptors (Lipinski definition) is 9. The Labute approximate surface area is 228 Å². The molecule has 0 fully saturated rings. The Morgan fingerprint density at radius 2 is 0.919 bits per heavy atom. The van der Waals surface area contributed by atoms with Crippen LogP contribution in [0.4, 0.5) is 0 Å². The number of carbonyl (C=O) groups is 2. The Morgan fingerprint density at radius 3 is 1.35 bits per heavy atom. The van der Waals surface area contributed by atoms with Crippen molar-refractivity contribution in [1.29, 1.82) is 0 Å². The van der Waals surface area contributed by atoms with Crippen molar-refractivity contribution in [2.45, 2.75) is 64.2 Å². The highest BCUT2D eigenvalue weighted by atomic mass is 32.1. The zero-order valence-corrected chi connectivity index (χ0v) is 23.5. The zero-order valence-electron chi connectivity index (χ0n) is 22.6. The molecule has 0 bridgehead atoms. The second-order valence-corrected chi connectivity index (χ2v) is 8.96. The fourth-order valence-electron chi connectivity index (χ4n) is 3.24. The summed E-state index contributed by atoms with van der Waals surface area (Å²) in [5.74, 6) is 0.103. The van der Waals surface area contributed by atoms with Crippen LogP contribution >= 0.6 is 12.6 Å². The lowest BCUT2D eigenvalue weighted by atomic mass is 10.1. The fourth-order valence-corrected chi connectivity index (χ4v) is 3.47. The first-order chi connectivity index (χ1) is 18.2. The molecule has 0 heterocycles. The highest BCUT2D eigenvalue weighted by Crippen LogP contribution is 2.10. The predicted molar refractivity (Wildman–Crippen MR) is 146 cm³/mol. The number of amides is 1. The minimum Gasteiger partial charge on any atom is -0.480 e. The average Bonchev–Trinajstić information content (AvgIpc) is 2.88. The minimum atomic E-state index is -0.993. The third-order valence-corrected chi connectivity index (χ3v) is 5.53. The van der Waals surface area contributed by atoms with E-state index in [0.717, 1.165) is 18.6 Å². The number of ether oxygens (including phenoxy) is 6. The largest absolute Gasteiger partial charge is 0.480 e. The van der Waals surface area contributed by atoms with Crippen LogP contribution in [0.1, 0.15) is 64.2 Å². The molecule has 11 heteroatoms. The number of unbranched alkanes of at least 4 members (excludes halogenated alkanes) is 8. The van der Waals surface area contributed by atoms with Gasteiger partial charge in [0.05, 0.1) is 72.7 Å². The van der Waals surface area contributed by atoms with E-state index in [1.807, 2.05) is 0 Å². The van der Waals surface area contributed by atoms with Crippen molar-refractivity contribution < 1.29 is 43.1 Å². The van der Waals surface area contributed by atoms with Crippen molar-refractivity contribution >= 4 is 24.5 Å². The molecule has 0 aromatic carbocycles. The summed E-state index contributed by atoms with van der Waals surface area (Å²) in [7, 11) is 0. The first-order valence-electron chi connectivity index (χ1n) is 13.7. The molecule has 0 aromatic rings. The van der Waals surface area contributed by atoms with Crippen LogP contribution in [-0.4, -0.2) is 109 Å². The molecule has 0 rings (SSSR count). The molecule has 0 aliphatic carbocycles. The third kappa shape index (κ3) is 33.0. The molecule has 220 valence electrons. The maximum Gasteiger partial charge on any atom is 0.329 e. The number of hydrogen-bond donors (Lipinski definition) is 3. The smallest absolute Gasteiger partial charge is 0.329 e. The van der Waals surface area contributed by atoms with Gasteiger partial charge in [0.15, 0.2) is 0 Å². The molecule has 0 spiro atoms. The van der Waals surface area contributed by atoms with Gasteiger partial charge in [0, 0.05) is 13.0 Å². The van der Waals surface area contributed by atoms with E-state index in [1.165, 1.54) is 44.9 Å². The summed E-state index contributed by atoms with van der Waals surface area (Å²) >= 11 is 4.23. The van der Waals surface area contributed by atoms with Crippen molar-refractivity contribution in [3.63, 3.8) is 0 Å². The molecule has 0 aromatic heterocycles. The van der Waals surface area contributed by atoms with Crippen LogP contribution in [0.5, 0.6) is 0 Å². The van der Waals surface area contributed by atoms with Gasteiger partial charge in [-0.3, -0.25) is 4.79 Å². The second kappa shape index (κ2) is 31.3. The highest BCUT2D eigenvalue weighted by molar-refractivity contribution is 7.80. The fraction of sp³-hybridized carbons (Fsp3) is 0.923. The maximum absolute atomic E-state index is 11.8. The molecule has 0 radical (unpaired) electrons. The topological polar surface area (TPSA) is 122 Å². The van der Waals surface area contributed by atoms with Gasteiger partial charge in [-0.05, 0) is 18.6 Å². The first-order valence-corrected chi connectivity index (χ1v) is 14.4. The van der Waals surface area contributed by atoms with E-state index < -0.39 is 5.97 Å². The van der Waals surface area contributed by atoms with Gasteiger partial charge in [-0.1, -0.05) is 44.9 Å². The van der Waals surface area contributed by atoms with E-state index in [0.29, 0.717) is 79.0 Å². The van der Waals surface area contributed by atoms with Crippen LogP contribution in [-0.2, 0) is 38.0 Å². The molecule has 0 unspecified atom stereocenters. The average molecular weight is 554 g/mol. The number of aliphatic carboxylic acids is 1. The lowest BCUT2D eigenvalue weighted by molar-refractivity contribution is -0.142. The Kier molecular flexibility index (Phi) is 30.5. The normalized spacial score (nSPS) is 11.2. The summed E-state index contributed by atoms with van der Waals surface area (Å²) < 4.78 is 31.7. The summed E-state index contributed by atoms with van der Waals surface area (Å²) in [5.41, 5.74) is 0. The molecule has 10 nitrogen and oxygen atoms in total. The van der Waals surface area contributed by atoms with Gasteiger partial charge in [-0.25, -0.2) is 4.79 Å². The van der Waals surface area contributed by atoms with Gasteiger partial charge in [0.1, 0.15) is 6.61 Å². The summed E-state index contributed by atoms with van der Waals surface area (Å²) in [5, 5.41) is 11.3. The molecule has 1 amide bonds. The molecule has 0 atom stereocenters. The number of rotatable bonds is 31. The quantitative estimate of drug-likeness (QED) is 0.0878. The van der Waals surface area contributed by atoms with Crippen molar-refractivity contribution in [2.75, 3.05) is 91.6 Å². The van der Waals surface area contributed by atoms with Crippen LogP contribution in [0.15, 0.2) is 0 Å². The molecule has 37 heavy (non-hydrogen) atoms. The number of carbonyl (C=O) groups excluding carboxylic acids is 1. The van der Waals surface area contributed by atoms with E-state index in [2.05, 4.69) is 17.9 Å². The number of carboxylic acid groups (broad SMARTS) is 1. The SMILES string of the molecule is O=C(O)COCCOCCOCCOCCOCCOCCNC(=O)CCCCCCCCCCCS. The van der Waals surface area contributed by atoms with Crippen LogP contribution in [0.3, 0.4) is 0 Å². The van der Waals surface area contributed by atoms with Gasteiger partial charge in [-0.2, -0.15) is 12.6 Å². The molecular weight excluding hydrogens is 502 g/mol. The van der Waals surface area contributed by atoms with Gasteiger partial charge in [-0.15, -0.1) is 0 Å². The van der Waals surface area contributed by atoms with Crippen molar-refractivity contribution in [3.8, 4) is 0 Å². The number of thiol groups is 1. The van der Waals surface area contributed by atoms with Gasteiger partial charge >= 0.3 is 5.97 Å². The van der Waals surface area contributed by atoms with Gasteiger partial charge < -0.3 is 38.8 Å². The summed E-state index contributed by atoms with van der Waals surface area (Å²) in [6.45, 7) is 4.99. The van der Waals surface area contributed by atoms with Crippen LogP contribution in [0.2, 0.25) is 0 Å².